The zero-order valence-corrected chi connectivity index (χ0v) is 24.1. The van der Waals surface area contributed by atoms with Gasteiger partial charge in [-0.3, -0.25) is 14.6 Å². The first kappa shape index (κ1) is 33.1. The summed E-state index contributed by atoms with van der Waals surface area (Å²) in [6.07, 6.45) is -1.14. The van der Waals surface area contributed by atoms with E-state index in [1.54, 1.807) is 6.20 Å². The average Bonchev–Trinajstić information content (AvgIpc) is 2.95. The molecule has 2 atom stereocenters. The van der Waals surface area contributed by atoms with Gasteiger partial charge in [-0.05, 0) is 61.1 Å². The smallest absolute Gasteiger partial charge is 0.345 e. The summed E-state index contributed by atoms with van der Waals surface area (Å²) in [5.41, 5.74) is 19.1. The van der Waals surface area contributed by atoms with Crippen LogP contribution in [0.25, 0.3) is 10.9 Å². The number of rotatable bonds is 16. The second-order valence-electron chi connectivity index (χ2n) is 11.1. The number of benzene rings is 2. The Morgan fingerprint density at radius 1 is 0.952 bits per heavy atom. The van der Waals surface area contributed by atoms with Gasteiger partial charge in [0.05, 0.1) is 49.8 Å². The van der Waals surface area contributed by atoms with Crippen LogP contribution in [0, 0.1) is 0 Å². The molecule has 0 radical (unpaired) electrons. The van der Waals surface area contributed by atoms with Crippen molar-refractivity contribution in [3.8, 4) is 0 Å². The van der Waals surface area contributed by atoms with Gasteiger partial charge in [-0.1, -0.05) is 30.3 Å². The number of quaternary nitrogens is 1. The van der Waals surface area contributed by atoms with Gasteiger partial charge >= 0.3 is 6.18 Å². The number of carbonyl (C=O) groups is 2. The Balaban J connectivity index is 1.68. The number of alkyl halides is 3. The highest BCUT2D eigenvalue weighted by atomic mass is 19.4. The quantitative estimate of drug-likeness (QED) is 0.190. The van der Waals surface area contributed by atoms with Crippen molar-refractivity contribution in [2.45, 2.75) is 50.4 Å². The molecule has 0 unspecified atom stereocenters. The van der Waals surface area contributed by atoms with Gasteiger partial charge in [-0.2, -0.15) is 13.2 Å². The zero-order valence-electron chi connectivity index (χ0n) is 24.1. The summed E-state index contributed by atoms with van der Waals surface area (Å²) < 4.78 is 39.6. The first-order valence-corrected chi connectivity index (χ1v) is 14.3. The lowest BCUT2D eigenvalue weighted by Crippen LogP contribution is -2.52. The van der Waals surface area contributed by atoms with Crippen molar-refractivity contribution in [2.24, 2.45) is 17.2 Å². The number of ketones is 1. The Bertz CT molecular complexity index is 1310. The summed E-state index contributed by atoms with van der Waals surface area (Å²) >= 11 is 0. The number of hydrogen-bond donors (Lipinski definition) is 4. The third kappa shape index (κ3) is 9.87. The monoisotopic (exact) mass is 587 g/mol. The molecular weight excluding hydrogens is 545 g/mol. The van der Waals surface area contributed by atoms with Crippen LogP contribution in [0.5, 0.6) is 0 Å². The summed E-state index contributed by atoms with van der Waals surface area (Å²) in [7, 11) is 2.07. The molecule has 7 N–H and O–H groups in total. The molecule has 8 nitrogen and oxygen atoms in total. The molecular formula is C31H42F3N6O2+. The molecule has 3 aromatic rings. The molecule has 3 rings (SSSR count). The number of nitrogens with two attached hydrogens (primary N) is 3. The largest absolute Gasteiger partial charge is 0.416 e. The molecule has 0 saturated carbocycles. The van der Waals surface area contributed by atoms with E-state index in [4.69, 9.17) is 17.2 Å². The van der Waals surface area contributed by atoms with E-state index in [2.05, 4.69) is 17.3 Å². The second-order valence-corrected chi connectivity index (χ2v) is 11.1. The summed E-state index contributed by atoms with van der Waals surface area (Å²) in [4.78, 5) is 30.9. The number of aryl methyl sites for hydroxylation is 1. The average molecular weight is 588 g/mol. The van der Waals surface area contributed by atoms with Crippen LogP contribution in [0.2, 0.25) is 0 Å². The lowest BCUT2D eigenvalue weighted by atomic mass is 9.97. The highest BCUT2D eigenvalue weighted by Gasteiger charge is 2.30. The number of hydrogen-bond acceptors (Lipinski definition) is 6. The maximum atomic E-state index is 13.4. The molecule has 0 fully saturated rings. The van der Waals surface area contributed by atoms with E-state index in [-0.39, 0.29) is 18.6 Å². The number of pyridine rings is 1. The van der Waals surface area contributed by atoms with Crippen LogP contribution < -0.4 is 22.5 Å². The van der Waals surface area contributed by atoms with E-state index < -0.39 is 29.7 Å². The predicted molar refractivity (Wildman–Crippen MR) is 158 cm³/mol. The van der Waals surface area contributed by atoms with Gasteiger partial charge in [-0.15, -0.1) is 0 Å². The summed E-state index contributed by atoms with van der Waals surface area (Å²) in [6.45, 7) is 3.35. The first-order valence-electron chi connectivity index (χ1n) is 14.3. The minimum Gasteiger partial charge on any atom is -0.345 e. The van der Waals surface area contributed by atoms with Crippen molar-refractivity contribution in [2.75, 3.05) is 39.8 Å². The summed E-state index contributed by atoms with van der Waals surface area (Å²) in [6, 6.07) is 12.6. The molecule has 0 saturated heterocycles. The van der Waals surface area contributed by atoms with E-state index in [0.717, 1.165) is 42.7 Å². The summed E-state index contributed by atoms with van der Waals surface area (Å²) in [5, 5.41) is 3.71. The van der Waals surface area contributed by atoms with Gasteiger partial charge in [-0.25, -0.2) is 0 Å². The molecule has 0 aliphatic carbocycles. The minimum absolute atomic E-state index is 0.0407. The van der Waals surface area contributed by atoms with Crippen LogP contribution in [0.1, 0.15) is 36.0 Å². The Morgan fingerprint density at radius 2 is 1.62 bits per heavy atom. The zero-order chi connectivity index (χ0) is 30.8. The van der Waals surface area contributed by atoms with E-state index >= 15 is 0 Å². The van der Waals surface area contributed by atoms with Gasteiger partial charge < -0.3 is 27.0 Å². The molecule has 228 valence electrons. The fourth-order valence-electron chi connectivity index (χ4n) is 5.08. The maximum absolute atomic E-state index is 13.4. The summed E-state index contributed by atoms with van der Waals surface area (Å²) in [5.74, 6) is -0.668. The minimum atomic E-state index is -4.43. The number of carbonyl (C=O) groups excluding carboxylic acids is 2. The van der Waals surface area contributed by atoms with E-state index in [9.17, 15) is 22.8 Å². The highest BCUT2D eigenvalue weighted by molar-refractivity contribution is 5.92. The number of amides is 1. The molecule has 42 heavy (non-hydrogen) atoms. The van der Waals surface area contributed by atoms with Crippen molar-refractivity contribution in [3.63, 3.8) is 0 Å². The standard InChI is InChI=1S/C31H41F3N6O2/c1-40(17-14-35,18-15-36)16-4-6-26(37)30(42)39-28(13-10-22-8-11-25(12-9-22)31(32,33)34)29(41)20-23-19-24-5-2-3-7-27(24)38-21-23/h2-3,5,7-9,11-12,19,21,26,28H,4,6,10,13-18,20,35-37H2,1H3/p+1/t26-,28+/m0/s1. The number of Topliss-reactive ketones (excluding diaryl/α,β-unsaturated/α-hetero) is 1. The number of likely N-dealkylation sites (N-methyl/N-ethyl adjacent to an activating group) is 1. The van der Waals surface area contributed by atoms with Crippen molar-refractivity contribution in [1.82, 2.24) is 10.3 Å². The van der Waals surface area contributed by atoms with Crippen LogP contribution in [0.4, 0.5) is 13.2 Å². The second kappa shape index (κ2) is 15.2. The number of nitrogens with zero attached hydrogens (tertiary/aromatic N) is 2. The highest BCUT2D eigenvalue weighted by Crippen LogP contribution is 2.29. The molecule has 2 aromatic carbocycles. The Hall–Kier alpha value is -3.38. The van der Waals surface area contributed by atoms with Crippen molar-refractivity contribution < 1.29 is 27.2 Å². The number of nitrogens with one attached hydrogen (secondary N) is 1. The van der Waals surface area contributed by atoms with Crippen molar-refractivity contribution >= 4 is 22.6 Å². The number of aromatic nitrogens is 1. The molecule has 1 amide bonds. The van der Waals surface area contributed by atoms with Gasteiger partial charge in [0.25, 0.3) is 0 Å². The van der Waals surface area contributed by atoms with Crippen LogP contribution >= 0.6 is 0 Å². The molecule has 0 aliphatic heterocycles. The van der Waals surface area contributed by atoms with Crippen LogP contribution in [-0.2, 0) is 28.6 Å². The normalized spacial score (nSPS) is 13.6. The van der Waals surface area contributed by atoms with Crippen molar-refractivity contribution in [3.05, 3.63) is 77.5 Å². The molecule has 11 heteroatoms. The Kier molecular flexibility index (Phi) is 12.0. The lowest BCUT2D eigenvalue weighted by Gasteiger charge is -2.34. The number of para-hydroxylation sites is 1. The molecule has 1 aromatic heterocycles. The fourth-order valence-corrected chi connectivity index (χ4v) is 5.08. The van der Waals surface area contributed by atoms with Gasteiger partial charge in [0.15, 0.2) is 5.78 Å². The number of halogens is 3. The Labute approximate surface area is 245 Å². The lowest BCUT2D eigenvalue weighted by molar-refractivity contribution is -0.907. The van der Waals surface area contributed by atoms with Gasteiger partial charge in [0.1, 0.15) is 0 Å². The van der Waals surface area contributed by atoms with Crippen molar-refractivity contribution in [1.29, 1.82) is 0 Å². The topological polar surface area (TPSA) is 137 Å². The van der Waals surface area contributed by atoms with Crippen LogP contribution in [0.3, 0.4) is 0 Å². The SMILES string of the molecule is C[N+](CCN)(CCN)CCC[C@H](N)C(=O)N[C@H](CCc1ccc(C(F)(F)F)cc1)C(=O)Cc1cnc2ccccc2c1. The van der Waals surface area contributed by atoms with Gasteiger partial charge in [0, 0.05) is 31.1 Å². The van der Waals surface area contributed by atoms with Crippen LogP contribution in [0.15, 0.2) is 60.8 Å². The van der Waals surface area contributed by atoms with E-state index in [0.29, 0.717) is 48.0 Å². The predicted octanol–water partition coefficient (Wildman–Crippen LogP) is 2.95. The molecule has 0 aliphatic rings. The Morgan fingerprint density at radius 3 is 2.26 bits per heavy atom. The van der Waals surface area contributed by atoms with E-state index in [1.807, 2.05) is 30.3 Å². The number of fused-ring (bicyclic) bond motifs is 1. The molecule has 0 spiro atoms. The fraction of sp³-hybridized carbons (Fsp3) is 0.452. The van der Waals surface area contributed by atoms with Crippen LogP contribution in [-0.4, -0.2) is 73.0 Å². The molecule has 0 bridgehead atoms. The third-order valence-electron chi connectivity index (χ3n) is 7.62. The maximum Gasteiger partial charge on any atom is 0.416 e. The molecule has 1 heterocycles. The van der Waals surface area contributed by atoms with Gasteiger partial charge in [0.2, 0.25) is 5.91 Å². The third-order valence-corrected chi connectivity index (χ3v) is 7.62. The first-order chi connectivity index (χ1) is 19.9. The van der Waals surface area contributed by atoms with E-state index in [1.165, 1.54) is 12.1 Å².